The van der Waals surface area contributed by atoms with Gasteiger partial charge < -0.3 is 9.80 Å². The van der Waals surface area contributed by atoms with Gasteiger partial charge in [-0.1, -0.05) is 135 Å². The predicted octanol–water partition coefficient (Wildman–Crippen LogP) is 18.5. The Balaban J connectivity index is 1.19. The van der Waals surface area contributed by atoms with Crippen LogP contribution in [0.5, 0.6) is 0 Å². The van der Waals surface area contributed by atoms with Gasteiger partial charge in [-0.3, -0.25) is 0 Å². The molecule has 0 unspecified atom stereocenters. The van der Waals surface area contributed by atoms with Gasteiger partial charge in [0.1, 0.15) is 23.3 Å². The van der Waals surface area contributed by atoms with Crippen LogP contribution in [0.2, 0.25) is 39.3 Å². The molecule has 0 amide bonds. The summed E-state index contributed by atoms with van der Waals surface area (Å²) in [6.45, 7) is 13.1. The zero-order chi connectivity index (χ0) is 52.8. The Hall–Kier alpha value is -7.43. The summed E-state index contributed by atoms with van der Waals surface area (Å²) in [6, 6.07) is 41.9. The van der Waals surface area contributed by atoms with Gasteiger partial charge in [0.05, 0.1) is 50.0 Å². The van der Waals surface area contributed by atoms with Crippen LogP contribution in [0.15, 0.2) is 170 Å². The zero-order valence-corrected chi connectivity index (χ0v) is 42.8. The molecule has 0 atom stereocenters. The summed E-state index contributed by atoms with van der Waals surface area (Å²) in [6.07, 6.45) is -9.43. The van der Waals surface area contributed by atoms with E-state index >= 15 is 17.6 Å². The SMILES string of the molecule is C[Si](C)(C)c1ccc(N(c2cc(F)c(-c3cccc(C(F)(F)F)c3)cc2F)c2ccc3ccc4c(N(c5ccc([Si](C)(C)C)cc5)c5cc(F)c(-c6cccc(C(F)(F)F)c6)cc5F)ccc5ccc2c3c54)cc1. The first-order valence-electron chi connectivity index (χ1n) is 23.7. The molecule has 0 aromatic heterocycles. The Kier molecular flexibility index (Phi) is 12.3. The highest BCUT2D eigenvalue weighted by molar-refractivity contribution is 6.89. The summed E-state index contributed by atoms with van der Waals surface area (Å²) >= 11 is 0. The number of nitrogens with zero attached hydrogens (tertiary/aromatic N) is 2. The minimum absolute atomic E-state index is 0.150. The number of rotatable bonds is 10. The van der Waals surface area contributed by atoms with Gasteiger partial charge in [-0.15, -0.1) is 0 Å². The topological polar surface area (TPSA) is 6.48 Å². The number of hydrogen-bond donors (Lipinski definition) is 0. The number of alkyl halides is 6. The Labute approximate surface area is 423 Å². The van der Waals surface area contributed by atoms with Crippen molar-refractivity contribution in [3.05, 3.63) is 204 Å². The maximum absolute atomic E-state index is 17.0. The quantitative estimate of drug-likeness (QED) is 0.0765. The Morgan fingerprint density at radius 2 is 0.703 bits per heavy atom. The van der Waals surface area contributed by atoms with Crippen molar-refractivity contribution in [1.82, 2.24) is 0 Å². The summed E-state index contributed by atoms with van der Waals surface area (Å²) in [5, 5.41) is 6.41. The molecule has 0 aliphatic heterocycles. The lowest BCUT2D eigenvalue weighted by Gasteiger charge is -2.30. The van der Waals surface area contributed by atoms with E-state index in [2.05, 4.69) is 39.3 Å². The monoisotopic (exact) mass is 1040 g/mol. The standard InChI is InChI=1S/C60H46F10N2Si2/c1-73(2,3)43-21-17-41(18-22-43)71(55-33-49(61)47(31-51(55)63)37-9-7-11-39(29-37)59(65,66)67)53-27-15-35-14-26-46-54(28-16-36-13-25-45(53)57(35)58(36)46)72(42-19-23-44(24-20-42)74(4,5)6)56-34-50(62)48(32-52(56)64)38-10-8-12-40(30-38)60(68,69)70/h7-34H,1-6H3. The number of anilines is 6. The average molecular weight is 1040 g/mol. The van der Waals surface area contributed by atoms with Crippen LogP contribution in [-0.2, 0) is 12.4 Å². The Morgan fingerprint density at radius 3 is 1.04 bits per heavy atom. The molecule has 0 saturated carbocycles. The van der Waals surface area contributed by atoms with Gasteiger partial charge in [0.2, 0.25) is 0 Å². The van der Waals surface area contributed by atoms with Gasteiger partial charge >= 0.3 is 12.4 Å². The third kappa shape index (κ3) is 9.18. The highest BCUT2D eigenvalue weighted by Crippen LogP contribution is 2.49. The van der Waals surface area contributed by atoms with Gasteiger partial charge in [0.25, 0.3) is 0 Å². The molecule has 0 N–H and O–H groups in total. The molecule has 74 heavy (non-hydrogen) atoms. The fraction of sp³-hybridized carbons (Fsp3) is 0.133. The van der Waals surface area contributed by atoms with Crippen LogP contribution in [0, 0.1) is 23.3 Å². The van der Waals surface area contributed by atoms with Crippen molar-refractivity contribution in [2.45, 2.75) is 51.6 Å². The van der Waals surface area contributed by atoms with Crippen LogP contribution in [0.25, 0.3) is 54.6 Å². The lowest BCUT2D eigenvalue weighted by Crippen LogP contribution is -2.37. The maximum Gasteiger partial charge on any atom is 0.416 e. The van der Waals surface area contributed by atoms with Crippen LogP contribution in [-0.4, -0.2) is 16.1 Å². The molecule has 0 bridgehead atoms. The minimum atomic E-state index is -4.71. The van der Waals surface area contributed by atoms with Crippen LogP contribution >= 0.6 is 0 Å². The second-order valence-electron chi connectivity index (χ2n) is 20.6. The van der Waals surface area contributed by atoms with E-state index in [-0.39, 0.29) is 33.6 Å². The van der Waals surface area contributed by atoms with E-state index in [1.54, 1.807) is 21.9 Å². The summed E-state index contributed by atoms with van der Waals surface area (Å²) in [5.74, 6) is -3.69. The third-order valence-corrected chi connectivity index (χ3v) is 17.8. The summed E-state index contributed by atoms with van der Waals surface area (Å²) in [5.41, 5.74) is -1.57. The first-order chi connectivity index (χ1) is 34.9. The second kappa shape index (κ2) is 18.2. The van der Waals surface area contributed by atoms with Crippen molar-refractivity contribution >= 4 is 93.0 Å². The summed E-state index contributed by atoms with van der Waals surface area (Å²) in [7, 11) is -3.69. The van der Waals surface area contributed by atoms with Gasteiger partial charge in [0, 0.05) is 45.4 Å². The number of benzene rings is 10. The molecule has 0 spiro atoms. The van der Waals surface area contributed by atoms with Crippen LogP contribution in [0.3, 0.4) is 0 Å². The number of halogens is 10. The van der Waals surface area contributed by atoms with Crippen LogP contribution < -0.4 is 20.2 Å². The Bertz CT molecular complexity index is 3530. The highest BCUT2D eigenvalue weighted by Gasteiger charge is 2.33. The van der Waals surface area contributed by atoms with Crippen molar-refractivity contribution in [3.63, 3.8) is 0 Å². The summed E-state index contributed by atoms with van der Waals surface area (Å²) in [4.78, 5) is 3.18. The van der Waals surface area contributed by atoms with E-state index in [0.29, 0.717) is 44.3 Å². The smallest absolute Gasteiger partial charge is 0.307 e. The van der Waals surface area contributed by atoms with Gasteiger partial charge in [-0.05, 0) is 105 Å². The molecule has 10 aromatic rings. The van der Waals surface area contributed by atoms with Crippen LogP contribution in [0.4, 0.5) is 78.0 Å². The fourth-order valence-corrected chi connectivity index (χ4v) is 12.1. The van der Waals surface area contributed by atoms with E-state index < -0.39 is 62.9 Å². The van der Waals surface area contributed by atoms with Crippen LogP contribution in [0.1, 0.15) is 11.1 Å². The molecule has 10 aromatic carbocycles. The van der Waals surface area contributed by atoms with Crippen molar-refractivity contribution in [3.8, 4) is 22.3 Å². The van der Waals surface area contributed by atoms with Gasteiger partial charge in [-0.2, -0.15) is 26.3 Å². The van der Waals surface area contributed by atoms with E-state index in [4.69, 9.17) is 0 Å². The van der Waals surface area contributed by atoms with Crippen molar-refractivity contribution in [2.24, 2.45) is 0 Å². The molecule has 0 aliphatic rings. The first kappa shape index (κ1) is 50.1. The average Bonchev–Trinajstić information content (AvgIpc) is 3.35. The molecule has 0 fully saturated rings. The van der Waals surface area contributed by atoms with E-state index in [1.807, 2.05) is 84.9 Å². The second-order valence-corrected chi connectivity index (χ2v) is 30.7. The lowest BCUT2D eigenvalue weighted by atomic mass is 9.91. The van der Waals surface area contributed by atoms with Crippen molar-refractivity contribution in [2.75, 3.05) is 9.80 Å². The molecule has 10 rings (SSSR count). The molecule has 14 heteroatoms. The van der Waals surface area contributed by atoms with E-state index in [0.717, 1.165) is 81.8 Å². The fourth-order valence-electron chi connectivity index (χ4n) is 9.78. The van der Waals surface area contributed by atoms with E-state index in [1.165, 1.54) is 12.1 Å². The molecule has 2 nitrogen and oxygen atoms in total. The normalized spacial score (nSPS) is 12.6. The summed E-state index contributed by atoms with van der Waals surface area (Å²) < 4.78 is 150. The molecule has 0 heterocycles. The zero-order valence-electron chi connectivity index (χ0n) is 40.8. The van der Waals surface area contributed by atoms with Gasteiger partial charge in [-0.25, -0.2) is 17.6 Å². The molecule has 374 valence electrons. The number of hydrogen-bond acceptors (Lipinski definition) is 2. The maximum atomic E-state index is 17.0. The molecule has 0 aliphatic carbocycles. The van der Waals surface area contributed by atoms with Crippen molar-refractivity contribution < 1.29 is 43.9 Å². The third-order valence-electron chi connectivity index (χ3n) is 13.6. The molecular formula is C60H46F10N2Si2. The lowest BCUT2D eigenvalue weighted by molar-refractivity contribution is -0.138. The first-order valence-corrected chi connectivity index (χ1v) is 30.7. The predicted molar refractivity (Wildman–Crippen MR) is 286 cm³/mol. The molecular weight excluding hydrogens is 995 g/mol. The highest BCUT2D eigenvalue weighted by atomic mass is 28.3. The Morgan fingerprint density at radius 1 is 0.351 bits per heavy atom. The van der Waals surface area contributed by atoms with E-state index in [9.17, 15) is 26.3 Å². The van der Waals surface area contributed by atoms with Crippen molar-refractivity contribution in [1.29, 1.82) is 0 Å². The minimum Gasteiger partial charge on any atom is -0.307 e. The molecule has 0 radical (unpaired) electrons. The largest absolute Gasteiger partial charge is 0.416 e. The molecule has 0 saturated heterocycles. The van der Waals surface area contributed by atoms with Gasteiger partial charge in [0.15, 0.2) is 0 Å².